The average molecular weight is 418 g/mol. The van der Waals surface area contributed by atoms with E-state index in [4.69, 9.17) is 11.6 Å². The van der Waals surface area contributed by atoms with Crippen molar-refractivity contribution in [2.75, 3.05) is 0 Å². The molecule has 25 heavy (non-hydrogen) atoms. The highest BCUT2D eigenvalue weighted by atomic mass is 79.9. The lowest BCUT2D eigenvalue weighted by Gasteiger charge is -2.02. The topological polar surface area (TPSA) is 70.1 Å². The fourth-order valence-electron chi connectivity index (χ4n) is 2.16. The van der Waals surface area contributed by atoms with Gasteiger partial charge < -0.3 is 0 Å². The zero-order valence-electron chi connectivity index (χ0n) is 13.3. The molecule has 2 aromatic carbocycles. The van der Waals surface area contributed by atoms with E-state index in [1.165, 1.54) is 0 Å². The Labute approximate surface area is 158 Å². The smallest absolute Gasteiger partial charge is 0.272 e. The average Bonchev–Trinajstić information content (AvgIpc) is 3.11. The van der Waals surface area contributed by atoms with Crippen LogP contribution in [0.3, 0.4) is 0 Å². The summed E-state index contributed by atoms with van der Waals surface area (Å²) >= 11 is 9.25. The minimum atomic E-state index is -0.357. The molecule has 0 saturated carbocycles. The van der Waals surface area contributed by atoms with Crippen LogP contribution in [0.5, 0.6) is 0 Å². The van der Waals surface area contributed by atoms with Crippen molar-refractivity contribution in [3.8, 4) is 11.3 Å². The monoisotopic (exact) mass is 416 g/mol. The Morgan fingerprint density at radius 2 is 1.84 bits per heavy atom. The van der Waals surface area contributed by atoms with Gasteiger partial charge in [-0.25, -0.2) is 5.43 Å². The summed E-state index contributed by atoms with van der Waals surface area (Å²) in [6.07, 6.45) is 0. The number of hydrazone groups is 1. The van der Waals surface area contributed by atoms with Gasteiger partial charge in [-0.3, -0.25) is 9.89 Å². The SMILES string of the molecule is C/C(=N/NC(=O)c1cc(-c2ccc(Br)cc2)n[nH]1)c1ccc(Cl)cc1. The molecule has 2 N–H and O–H groups in total. The lowest BCUT2D eigenvalue weighted by molar-refractivity contribution is 0.0950. The molecule has 0 atom stereocenters. The highest BCUT2D eigenvalue weighted by Gasteiger charge is 2.10. The Kier molecular flexibility index (Phi) is 5.31. The highest BCUT2D eigenvalue weighted by Crippen LogP contribution is 2.20. The van der Waals surface area contributed by atoms with Crippen molar-refractivity contribution < 1.29 is 4.79 Å². The molecule has 1 amide bonds. The molecule has 0 aliphatic rings. The van der Waals surface area contributed by atoms with Crippen molar-refractivity contribution in [1.82, 2.24) is 15.6 Å². The Morgan fingerprint density at radius 1 is 1.16 bits per heavy atom. The molecule has 126 valence electrons. The van der Waals surface area contributed by atoms with Crippen LogP contribution < -0.4 is 5.43 Å². The molecule has 0 unspecified atom stereocenters. The maximum atomic E-state index is 12.2. The van der Waals surface area contributed by atoms with E-state index in [-0.39, 0.29) is 5.91 Å². The maximum Gasteiger partial charge on any atom is 0.289 e. The molecular weight excluding hydrogens is 404 g/mol. The van der Waals surface area contributed by atoms with Crippen LogP contribution in [0.25, 0.3) is 11.3 Å². The number of nitrogens with one attached hydrogen (secondary N) is 2. The lowest BCUT2D eigenvalue weighted by Crippen LogP contribution is -2.19. The predicted molar refractivity (Wildman–Crippen MR) is 103 cm³/mol. The quantitative estimate of drug-likeness (QED) is 0.479. The number of aromatic amines is 1. The number of hydrogen-bond donors (Lipinski definition) is 2. The molecule has 5 nitrogen and oxygen atoms in total. The summed E-state index contributed by atoms with van der Waals surface area (Å²) in [6.45, 7) is 1.81. The second-order valence-electron chi connectivity index (χ2n) is 5.32. The number of hydrogen-bond acceptors (Lipinski definition) is 3. The number of H-pyrrole nitrogens is 1. The number of benzene rings is 2. The van der Waals surface area contributed by atoms with E-state index in [2.05, 4.69) is 36.7 Å². The van der Waals surface area contributed by atoms with Crippen molar-refractivity contribution in [2.45, 2.75) is 6.92 Å². The van der Waals surface area contributed by atoms with E-state index in [9.17, 15) is 4.79 Å². The molecule has 0 saturated heterocycles. The van der Waals surface area contributed by atoms with E-state index in [0.717, 1.165) is 15.6 Å². The van der Waals surface area contributed by atoms with Crippen LogP contribution >= 0.6 is 27.5 Å². The predicted octanol–water partition coefficient (Wildman–Crippen LogP) is 4.65. The van der Waals surface area contributed by atoms with E-state index in [1.54, 1.807) is 18.2 Å². The third-order valence-electron chi connectivity index (χ3n) is 3.55. The highest BCUT2D eigenvalue weighted by molar-refractivity contribution is 9.10. The summed E-state index contributed by atoms with van der Waals surface area (Å²) in [4.78, 5) is 12.2. The number of amides is 1. The maximum absolute atomic E-state index is 12.2. The molecule has 0 bridgehead atoms. The minimum Gasteiger partial charge on any atom is -0.272 e. The first-order chi connectivity index (χ1) is 12.0. The molecule has 0 spiro atoms. The van der Waals surface area contributed by atoms with E-state index >= 15 is 0 Å². The lowest BCUT2D eigenvalue weighted by atomic mass is 10.1. The van der Waals surface area contributed by atoms with Crippen molar-refractivity contribution in [1.29, 1.82) is 0 Å². The van der Waals surface area contributed by atoms with Crippen LogP contribution in [0, 0.1) is 0 Å². The Hall–Kier alpha value is -2.44. The molecule has 0 fully saturated rings. The van der Waals surface area contributed by atoms with E-state index < -0.39 is 0 Å². The van der Waals surface area contributed by atoms with Gasteiger partial charge in [-0.15, -0.1) is 0 Å². The molecule has 3 aromatic rings. The zero-order valence-corrected chi connectivity index (χ0v) is 15.6. The minimum absolute atomic E-state index is 0.338. The Bertz CT molecular complexity index is 917. The first-order valence-corrected chi connectivity index (χ1v) is 8.62. The fraction of sp³-hybridized carbons (Fsp3) is 0.0556. The zero-order chi connectivity index (χ0) is 17.8. The molecule has 0 aliphatic carbocycles. The number of rotatable bonds is 4. The van der Waals surface area contributed by atoms with Crippen LogP contribution in [-0.4, -0.2) is 21.8 Å². The first-order valence-electron chi connectivity index (χ1n) is 7.45. The van der Waals surface area contributed by atoms with Crippen molar-refractivity contribution in [2.24, 2.45) is 5.10 Å². The fourth-order valence-corrected chi connectivity index (χ4v) is 2.55. The van der Waals surface area contributed by atoms with Gasteiger partial charge in [0.2, 0.25) is 0 Å². The van der Waals surface area contributed by atoms with Crippen LogP contribution in [-0.2, 0) is 0 Å². The third kappa shape index (κ3) is 4.35. The molecule has 0 radical (unpaired) electrons. The summed E-state index contributed by atoms with van der Waals surface area (Å²) in [7, 11) is 0. The van der Waals surface area contributed by atoms with Gasteiger partial charge in [-0.05, 0) is 42.8 Å². The van der Waals surface area contributed by atoms with Gasteiger partial charge >= 0.3 is 0 Å². The standard InChI is InChI=1S/C18H14BrClN4O/c1-11(12-4-8-15(20)9-5-12)21-24-18(25)17-10-16(22-23-17)13-2-6-14(19)7-3-13/h2-10H,1H3,(H,22,23)(H,24,25)/b21-11-. The van der Waals surface area contributed by atoms with Crippen molar-refractivity contribution in [3.63, 3.8) is 0 Å². The Morgan fingerprint density at radius 3 is 2.52 bits per heavy atom. The van der Waals surface area contributed by atoms with Gasteiger partial charge in [0.05, 0.1) is 11.4 Å². The van der Waals surface area contributed by atoms with Crippen LogP contribution in [0.2, 0.25) is 5.02 Å². The van der Waals surface area contributed by atoms with Crippen LogP contribution in [0.4, 0.5) is 0 Å². The largest absolute Gasteiger partial charge is 0.289 e. The summed E-state index contributed by atoms with van der Waals surface area (Å²) in [5.74, 6) is -0.357. The second-order valence-corrected chi connectivity index (χ2v) is 6.67. The van der Waals surface area contributed by atoms with E-state index in [1.807, 2.05) is 43.3 Å². The normalized spacial score (nSPS) is 11.4. The summed E-state index contributed by atoms with van der Waals surface area (Å²) in [5, 5.41) is 11.7. The molecule has 1 heterocycles. The van der Waals surface area contributed by atoms with E-state index in [0.29, 0.717) is 22.1 Å². The summed E-state index contributed by atoms with van der Waals surface area (Å²) < 4.78 is 0.983. The van der Waals surface area contributed by atoms with Crippen molar-refractivity contribution >= 4 is 39.1 Å². The molecule has 3 rings (SSSR count). The third-order valence-corrected chi connectivity index (χ3v) is 4.33. The number of halogens is 2. The Balaban J connectivity index is 1.70. The molecule has 1 aromatic heterocycles. The van der Waals surface area contributed by atoms with Gasteiger partial charge in [0, 0.05) is 15.1 Å². The second kappa shape index (κ2) is 7.63. The van der Waals surface area contributed by atoms with Gasteiger partial charge in [-0.2, -0.15) is 10.2 Å². The van der Waals surface area contributed by atoms with Crippen LogP contribution in [0.15, 0.2) is 64.2 Å². The summed E-state index contributed by atoms with van der Waals surface area (Å²) in [5.41, 5.74) is 6.03. The van der Waals surface area contributed by atoms with Gasteiger partial charge in [-0.1, -0.05) is 51.8 Å². The molecular formula is C18H14BrClN4O. The van der Waals surface area contributed by atoms with Crippen molar-refractivity contribution in [3.05, 3.63) is 75.4 Å². The summed E-state index contributed by atoms with van der Waals surface area (Å²) in [6, 6.07) is 16.6. The number of carbonyl (C=O) groups is 1. The van der Waals surface area contributed by atoms with Crippen LogP contribution in [0.1, 0.15) is 23.0 Å². The van der Waals surface area contributed by atoms with Gasteiger partial charge in [0.25, 0.3) is 5.91 Å². The number of aromatic nitrogens is 2. The number of nitrogens with zero attached hydrogens (tertiary/aromatic N) is 2. The van der Waals surface area contributed by atoms with Gasteiger partial charge in [0.15, 0.2) is 0 Å². The molecule has 7 heteroatoms. The van der Waals surface area contributed by atoms with Gasteiger partial charge in [0.1, 0.15) is 5.69 Å². The first kappa shape index (κ1) is 17.4. The number of carbonyl (C=O) groups excluding carboxylic acids is 1. The molecule has 0 aliphatic heterocycles.